The summed E-state index contributed by atoms with van der Waals surface area (Å²) in [5.74, 6) is 0.717. The third-order valence-electron chi connectivity index (χ3n) is 4.17. The third-order valence-corrected chi connectivity index (χ3v) is 5.25. The van der Waals surface area contributed by atoms with Gasteiger partial charge >= 0.3 is 0 Å². The van der Waals surface area contributed by atoms with E-state index in [2.05, 4.69) is 40.4 Å². The van der Waals surface area contributed by atoms with E-state index in [0.717, 1.165) is 26.9 Å². The largest absolute Gasteiger partial charge is 0.483 e. The van der Waals surface area contributed by atoms with Gasteiger partial charge in [-0.3, -0.25) is 4.79 Å². The van der Waals surface area contributed by atoms with Crippen molar-refractivity contribution in [2.24, 2.45) is 0 Å². The molecule has 2 rings (SSSR count). The van der Waals surface area contributed by atoms with Crippen LogP contribution in [0.1, 0.15) is 49.4 Å². The molecule has 0 aliphatic rings. The maximum atomic E-state index is 12.2. The molecule has 6 heteroatoms. The van der Waals surface area contributed by atoms with Gasteiger partial charge in [0.15, 0.2) is 11.7 Å². The average molecular weight is 449 g/mol. The maximum Gasteiger partial charge on any atom is 0.264 e. The summed E-state index contributed by atoms with van der Waals surface area (Å²) >= 11 is 8.78. The van der Waals surface area contributed by atoms with Crippen molar-refractivity contribution in [1.82, 2.24) is 10.6 Å². The second-order valence-corrected chi connectivity index (χ2v) is 8.00. The lowest BCUT2D eigenvalue weighted by atomic mass is 10.0. The molecule has 4 nitrogen and oxygen atoms in total. The Morgan fingerprint density at radius 3 is 2.48 bits per heavy atom. The molecule has 1 amide bonds. The van der Waals surface area contributed by atoms with Crippen LogP contribution in [0.25, 0.3) is 0 Å². The summed E-state index contributed by atoms with van der Waals surface area (Å²) in [6.07, 6.45) is 0. The van der Waals surface area contributed by atoms with Crippen molar-refractivity contribution in [2.75, 3.05) is 6.61 Å². The molecule has 0 saturated carbocycles. The molecule has 0 aromatic heterocycles. The topological polar surface area (TPSA) is 50.4 Å². The highest BCUT2D eigenvalue weighted by atomic mass is 79.9. The van der Waals surface area contributed by atoms with Crippen LogP contribution in [-0.4, -0.2) is 17.6 Å². The number of nitrogens with one attached hydrogen (secondary N) is 2. The average Bonchev–Trinajstić information content (AvgIpc) is 2.62. The summed E-state index contributed by atoms with van der Waals surface area (Å²) in [5, 5.41) is 6.07. The molecule has 0 radical (unpaired) electrons. The van der Waals surface area contributed by atoms with Crippen LogP contribution in [0.15, 0.2) is 46.9 Å². The fourth-order valence-electron chi connectivity index (χ4n) is 2.61. The number of ether oxygens (including phenoxy) is 1. The number of amides is 1. The lowest BCUT2D eigenvalue weighted by molar-refractivity contribution is -0.121. The van der Waals surface area contributed by atoms with Gasteiger partial charge in [0.05, 0.1) is 6.04 Å². The van der Waals surface area contributed by atoms with Gasteiger partial charge in [-0.15, -0.1) is 0 Å². The Morgan fingerprint density at radius 2 is 1.85 bits per heavy atom. The summed E-state index contributed by atoms with van der Waals surface area (Å²) in [6, 6.07) is 13.9. The minimum Gasteiger partial charge on any atom is -0.483 e. The van der Waals surface area contributed by atoms with Gasteiger partial charge < -0.3 is 15.4 Å². The molecule has 0 bridgehead atoms. The zero-order valence-corrected chi connectivity index (χ0v) is 18.4. The minimum atomic E-state index is -0.289. The highest BCUT2D eigenvalue weighted by Gasteiger charge is 2.14. The molecule has 0 aliphatic heterocycles. The van der Waals surface area contributed by atoms with Crippen LogP contribution in [0.3, 0.4) is 0 Å². The van der Waals surface area contributed by atoms with E-state index in [0.29, 0.717) is 0 Å². The van der Waals surface area contributed by atoms with E-state index in [9.17, 15) is 4.79 Å². The van der Waals surface area contributed by atoms with Crippen molar-refractivity contribution in [3.8, 4) is 5.75 Å². The normalized spacial score (nSPS) is 11.8. The number of carbonyl (C=O) groups excluding carboxylic acids is 1. The van der Waals surface area contributed by atoms with Crippen LogP contribution in [0.5, 0.6) is 5.75 Å². The number of rotatable bonds is 6. The highest BCUT2D eigenvalue weighted by molar-refractivity contribution is 9.10. The van der Waals surface area contributed by atoms with Gasteiger partial charge in [-0.1, -0.05) is 60.1 Å². The van der Waals surface area contributed by atoms with E-state index in [-0.39, 0.29) is 29.6 Å². The fraction of sp³-hybridized carbons (Fsp3) is 0.333. The van der Waals surface area contributed by atoms with Crippen LogP contribution in [0.2, 0.25) is 0 Å². The van der Waals surface area contributed by atoms with Crippen molar-refractivity contribution in [2.45, 2.75) is 39.7 Å². The Hall–Kier alpha value is -1.92. The van der Waals surface area contributed by atoms with E-state index in [1.54, 1.807) is 0 Å². The Balaban J connectivity index is 1.91. The number of halogens is 1. The molecule has 2 aromatic rings. The van der Waals surface area contributed by atoms with E-state index < -0.39 is 0 Å². The molecule has 0 aliphatic carbocycles. The summed E-state index contributed by atoms with van der Waals surface area (Å²) in [5.41, 5.74) is 3.21. The number of hydrogen-bond donors (Lipinski definition) is 2. The first-order chi connectivity index (χ1) is 12.8. The van der Waals surface area contributed by atoms with Crippen molar-refractivity contribution in [3.63, 3.8) is 0 Å². The summed E-state index contributed by atoms with van der Waals surface area (Å²) in [6.45, 7) is 8.07. The Bertz CT molecular complexity index is 809. The van der Waals surface area contributed by atoms with Gasteiger partial charge in [0.1, 0.15) is 5.75 Å². The molecular weight excluding hydrogens is 424 g/mol. The number of aryl methyl sites for hydroxylation is 1. The standard InChI is InChI=1S/C21H25BrN2O2S/c1-13(2)17-11-18(22)14(3)10-19(17)26-12-20(25)24-21(27)23-15(4)16-8-6-5-7-9-16/h5-11,13,15H,12H2,1-4H3,(H2,23,24,25,27). The molecule has 0 spiro atoms. The molecule has 0 heterocycles. The molecule has 1 unspecified atom stereocenters. The predicted molar refractivity (Wildman–Crippen MR) is 117 cm³/mol. The number of thiocarbonyl (C=S) groups is 1. The van der Waals surface area contributed by atoms with Gasteiger partial charge in [0, 0.05) is 4.47 Å². The zero-order chi connectivity index (χ0) is 20.0. The Morgan fingerprint density at radius 1 is 1.19 bits per heavy atom. The molecule has 2 N–H and O–H groups in total. The Kier molecular flexibility index (Phi) is 7.80. The molecule has 144 valence electrons. The van der Waals surface area contributed by atoms with Gasteiger partial charge in [0.2, 0.25) is 0 Å². The number of carbonyl (C=O) groups is 1. The molecule has 1 atom stereocenters. The zero-order valence-electron chi connectivity index (χ0n) is 16.0. The van der Waals surface area contributed by atoms with Gasteiger partial charge in [-0.05, 0) is 60.8 Å². The first-order valence-electron chi connectivity index (χ1n) is 8.86. The van der Waals surface area contributed by atoms with E-state index >= 15 is 0 Å². The summed E-state index contributed by atoms with van der Waals surface area (Å²) in [7, 11) is 0. The predicted octanol–water partition coefficient (Wildman–Crippen LogP) is 5.01. The first kappa shape index (κ1) is 21.4. The van der Waals surface area contributed by atoms with Crippen LogP contribution in [-0.2, 0) is 4.79 Å². The van der Waals surface area contributed by atoms with E-state index in [1.165, 1.54) is 0 Å². The van der Waals surface area contributed by atoms with Crippen molar-refractivity contribution in [1.29, 1.82) is 0 Å². The summed E-state index contributed by atoms with van der Waals surface area (Å²) < 4.78 is 6.80. The third kappa shape index (κ3) is 6.33. The lowest BCUT2D eigenvalue weighted by Gasteiger charge is -2.18. The minimum absolute atomic E-state index is 0.00147. The Labute approximate surface area is 174 Å². The quantitative estimate of drug-likeness (QED) is 0.609. The van der Waals surface area contributed by atoms with Crippen LogP contribution >= 0.6 is 28.1 Å². The second-order valence-electron chi connectivity index (χ2n) is 6.74. The second kappa shape index (κ2) is 9.85. The van der Waals surface area contributed by atoms with E-state index in [4.69, 9.17) is 17.0 Å². The monoisotopic (exact) mass is 448 g/mol. The van der Waals surface area contributed by atoms with E-state index in [1.807, 2.05) is 56.3 Å². The van der Waals surface area contributed by atoms with Crippen LogP contribution in [0.4, 0.5) is 0 Å². The SMILES string of the molecule is Cc1cc(OCC(=O)NC(=S)NC(C)c2ccccc2)c(C(C)C)cc1Br. The van der Waals surface area contributed by atoms with Crippen LogP contribution < -0.4 is 15.4 Å². The fourth-order valence-corrected chi connectivity index (χ4v) is 3.26. The molecule has 2 aromatic carbocycles. The molecule has 27 heavy (non-hydrogen) atoms. The highest BCUT2D eigenvalue weighted by Crippen LogP contribution is 2.32. The summed E-state index contributed by atoms with van der Waals surface area (Å²) in [4.78, 5) is 12.2. The smallest absolute Gasteiger partial charge is 0.264 e. The molecule has 0 saturated heterocycles. The lowest BCUT2D eigenvalue weighted by Crippen LogP contribution is -2.42. The number of benzene rings is 2. The van der Waals surface area contributed by atoms with Crippen LogP contribution in [0, 0.1) is 6.92 Å². The first-order valence-corrected chi connectivity index (χ1v) is 10.1. The number of hydrogen-bond acceptors (Lipinski definition) is 3. The molecular formula is C21H25BrN2O2S. The van der Waals surface area contributed by atoms with Gasteiger partial charge in [-0.25, -0.2) is 0 Å². The van der Waals surface area contributed by atoms with Gasteiger partial charge in [-0.2, -0.15) is 0 Å². The van der Waals surface area contributed by atoms with Crippen molar-refractivity contribution >= 4 is 39.2 Å². The van der Waals surface area contributed by atoms with Crippen molar-refractivity contribution in [3.05, 3.63) is 63.6 Å². The van der Waals surface area contributed by atoms with Crippen molar-refractivity contribution < 1.29 is 9.53 Å². The molecule has 0 fully saturated rings. The maximum absolute atomic E-state index is 12.2. The van der Waals surface area contributed by atoms with Gasteiger partial charge in [0.25, 0.3) is 5.91 Å².